The van der Waals surface area contributed by atoms with Gasteiger partial charge < -0.3 is 9.88 Å². The van der Waals surface area contributed by atoms with Gasteiger partial charge in [-0.1, -0.05) is 24.3 Å². The van der Waals surface area contributed by atoms with Crippen molar-refractivity contribution in [2.24, 2.45) is 7.05 Å². The van der Waals surface area contributed by atoms with Crippen molar-refractivity contribution in [2.75, 3.05) is 20.1 Å². The number of rotatable bonds is 4. The van der Waals surface area contributed by atoms with Crippen LogP contribution >= 0.6 is 0 Å². The first kappa shape index (κ1) is 17.7. The molecule has 2 aromatic carbocycles. The number of imidazole rings is 1. The maximum absolute atomic E-state index is 11.9. The summed E-state index contributed by atoms with van der Waals surface area (Å²) < 4.78 is 2.20. The van der Waals surface area contributed by atoms with Crippen LogP contribution in [0.2, 0.25) is 0 Å². The monoisotopic (exact) mass is 362 g/mol. The highest BCUT2D eigenvalue weighted by atomic mass is 16.1. The zero-order valence-corrected chi connectivity index (χ0v) is 16.0. The van der Waals surface area contributed by atoms with E-state index in [4.69, 9.17) is 4.98 Å². The molecule has 0 atom stereocenters. The van der Waals surface area contributed by atoms with Crippen molar-refractivity contribution in [1.29, 1.82) is 0 Å². The molecule has 5 nitrogen and oxygen atoms in total. The van der Waals surface area contributed by atoms with E-state index in [0.29, 0.717) is 5.92 Å². The fourth-order valence-electron chi connectivity index (χ4n) is 4.04. The van der Waals surface area contributed by atoms with Gasteiger partial charge in [-0.05, 0) is 61.7 Å². The number of likely N-dealkylation sites (tertiary alicyclic amines) is 1. The summed E-state index contributed by atoms with van der Waals surface area (Å²) in [5.74, 6) is 1.62. The van der Waals surface area contributed by atoms with E-state index in [2.05, 4.69) is 46.1 Å². The predicted octanol–water partition coefficient (Wildman–Crippen LogP) is 3.31. The van der Waals surface area contributed by atoms with Gasteiger partial charge in [0.05, 0.1) is 17.6 Å². The zero-order chi connectivity index (χ0) is 18.8. The second-order valence-electron chi connectivity index (χ2n) is 7.33. The Labute approximate surface area is 160 Å². The van der Waals surface area contributed by atoms with Gasteiger partial charge in [-0.3, -0.25) is 9.69 Å². The van der Waals surface area contributed by atoms with Gasteiger partial charge >= 0.3 is 0 Å². The molecule has 0 saturated carbocycles. The number of piperidine rings is 1. The highest BCUT2D eigenvalue weighted by Gasteiger charge is 2.22. The molecule has 0 spiro atoms. The number of carbonyl (C=O) groups is 1. The molecule has 1 aliphatic heterocycles. The molecule has 1 aliphatic rings. The van der Waals surface area contributed by atoms with Gasteiger partial charge in [-0.15, -0.1) is 0 Å². The molecule has 4 rings (SSSR count). The molecule has 1 N–H and O–H groups in total. The molecular formula is C22H26N4O. The number of nitrogens with one attached hydrogen (secondary N) is 1. The molecule has 3 aromatic rings. The van der Waals surface area contributed by atoms with Crippen LogP contribution in [0.5, 0.6) is 0 Å². The first-order chi connectivity index (χ1) is 13.2. The highest BCUT2D eigenvalue weighted by Crippen LogP contribution is 2.29. The van der Waals surface area contributed by atoms with Gasteiger partial charge in [0.1, 0.15) is 5.82 Å². The molecule has 1 saturated heterocycles. The van der Waals surface area contributed by atoms with E-state index in [1.54, 1.807) is 7.05 Å². The zero-order valence-electron chi connectivity index (χ0n) is 16.0. The average Bonchev–Trinajstić information content (AvgIpc) is 3.04. The van der Waals surface area contributed by atoms with Gasteiger partial charge in [-0.25, -0.2) is 4.98 Å². The van der Waals surface area contributed by atoms with Crippen molar-refractivity contribution in [3.8, 4) is 0 Å². The highest BCUT2D eigenvalue weighted by molar-refractivity contribution is 5.94. The topological polar surface area (TPSA) is 50.2 Å². The Morgan fingerprint density at radius 2 is 1.93 bits per heavy atom. The minimum Gasteiger partial charge on any atom is -0.355 e. The van der Waals surface area contributed by atoms with Gasteiger partial charge in [0.15, 0.2) is 0 Å². The molecular weight excluding hydrogens is 336 g/mol. The van der Waals surface area contributed by atoms with Crippen LogP contribution < -0.4 is 5.32 Å². The smallest absolute Gasteiger partial charge is 0.251 e. The number of hydrogen-bond acceptors (Lipinski definition) is 3. The normalized spacial score (nSPS) is 15.9. The molecule has 27 heavy (non-hydrogen) atoms. The molecule has 1 amide bonds. The maximum Gasteiger partial charge on any atom is 0.251 e. The van der Waals surface area contributed by atoms with Crippen LogP contribution in [0.1, 0.15) is 40.5 Å². The van der Waals surface area contributed by atoms with Gasteiger partial charge in [0, 0.05) is 19.7 Å². The van der Waals surface area contributed by atoms with Crippen molar-refractivity contribution >= 4 is 16.9 Å². The first-order valence-corrected chi connectivity index (χ1v) is 9.60. The molecule has 1 aromatic heterocycles. The van der Waals surface area contributed by atoms with Crippen LogP contribution in [0.25, 0.3) is 11.0 Å². The van der Waals surface area contributed by atoms with E-state index < -0.39 is 0 Å². The summed E-state index contributed by atoms with van der Waals surface area (Å²) in [6.45, 7) is 2.99. The van der Waals surface area contributed by atoms with E-state index in [1.807, 2.05) is 24.3 Å². The second kappa shape index (κ2) is 7.53. The van der Waals surface area contributed by atoms with E-state index in [0.717, 1.165) is 49.4 Å². The number of nitrogens with zero attached hydrogens (tertiary/aromatic N) is 3. The summed E-state index contributed by atoms with van der Waals surface area (Å²) in [4.78, 5) is 19.2. The van der Waals surface area contributed by atoms with Crippen LogP contribution in [-0.4, -0.2) is 40.5 Å². The molecule has 140 valence electrons. The Morgan fingerprint density at radius 3 is 2.67 bits per heavy atom. The van der Waals surface area contributed by atoms with Crippen LogP contribution in [-0.2, 0) is 13.6 Å². The number of hydrogen-bond donors (Lipinski definition) is 1. The number of amides is 1. The van der Waals surface area contributed by atoms with Crippen LogP contribution in [0, 0.1) is 0 Å². The second-order valence-corrected chi connectivity index (χ2v) is 7.33. The van der Waals surface area contributed by atoms with Gasteiger partial charge in [0.2, 0.25) is 0 Å². The average molecular weight is 362 g/mol. The number of aryl methyl sites for hydroxylation is 1. The number of para-hydroxylation sites is 2. The SMILES string of the molecule is CNC(=O)c1cccc(C2CCN(Cc3nc4ccccc4n3C)CC2)c1. The summed E-state index contributed by atoms with van der Waals surface area (Å²) in [6.07, 6.45) is 2.22. The third-order valence-corrected chi connectivity index (χ3v) is 5.68. The lowest BCUT2D eigenvalue weighted by atomic mass is 9.88. The lowest BCUT2D eigenvalue weighted by Gasteiger charge is -2.32. The molecule has 0 aliphatic carbocycles. The van der Waals surface area contributed by atoms with Gasteiger partial charge in [-0.2, -0.15) is 0 Å². The third-order valence-electron chi connectivity index (χ3n) is 5.68. The maximum atomic E-state index is 11.9. The van der Waals surface area contributed by atoms with Crippen LogP contribution in [0.4, 0.5) is 0 Å². The Bertz CT molecular complexity index is 954. The first-order valence-electron chi connectivity index (χ1n) is 9.60. The minimum absolute atomic E-state index is 0.0175. The van der Waals surface area contributed by atoms with E-state index in [9.17, 15) is 4.79 Å². The Morgan fingerprint density at radius 1 is 1.15 bits per heavy atom. The number of fused-ring (bicyclic) bond motifs is 1. The largest absolute Gasteiger partial charge is 0.355 e. The number of benzene rings is 2. The van der Waals surface area contributed by atoms with Crippen LogP contribution in [0.15, 0.2) is 48.5 Å². The van der Waals surface area contributed by atoms with Gasteiger partial charge in [0.25, 0.3) is 5.91 Å². The third kappa shape index (κ3) is 3.60. The molecule has 1 fully saturated rings. The summed E-state index contributed by atoms with van der Waals surface area (Å²) in [7, 11) is 3.77. The molecule has 0 radical (unpaired) electrons. The summed E-state index contributed by atoms with van der Waals surface area (Å²) >= 11 is 0. The molecule has 5 heteroatoms. The number of carbonyl (C=O) groups excluding carboxylic acids is 1. The van der Waals surface area contributed by atoms with Crippen LogP contribution in [0.3, 0.4) is 0 Å². The lowest BCUT2D eigenvalue weighted by molar-refractivity contribution is 0.0963. The van der Waals surface area contributed by atoms with Crippen molar-refractivity contribution in [2.45, 2.75) is 25.3 Å². The quantitative estimate of drug-likeness (QED) is 0.775. The van der Waals surface area contributed by atoms with E-state index >= 15 is 0 Å². The van der Waals surface area contributed by atoms with Crippen molar-refractivity contribution in [3.63, 3.8) is 0 Å². The Kier molecular flexibility index (Phi) is 4.94. The Hall–Kier alpha value is -2.66. The van der Waals surface area contributed by atoms with Crippen molar-refractivity contribution < 1.29 is 4.79 Å². The van der Waals surface area contributed by atoms with E-state index in [1.165, 1.54) is 11.1 Å². The fourth-order valence-corrected chi connectivity index (χ4v) is 4.04. The summed E-state index contributed by atoms with van der Waals surface area (Å²) in [5, 5.41) is 2.71. The fraction of sp³-hybridized carbons (Fsp3) is 0.364. The molecule has 2 heterocycles. The van der Waals surface area contributed by atoms with Crippen molar-refractivity contribution in [1.82, 2.24) is 19.8 Å². The minimum atomic E-state index is -0.0175. The van der Waals surface area contributed by atoms with E-state index in [-0.39, 0.29) is 5.91 Å². The summed E-state index contributed by atoms with van der Waals surface area (Å²) in [5.41, 5.74) is 4.28. The molecule has 0 unspecified atom stereocenters. The van der Waals surface area contributed by atoms with Crippen molar-refractivity contribution in [3.05, 3.63) is 65.5 Å². The lowest BCUT2D eigenvalue weighted by Crippen LogP contribution is -2.33. The molecule has 0 bridgehead atoms. The standard InChI is InChI=1S/C22H26N4O/c1-23-22(27)18-7-5-6-17(14-18)16-10-12-26(13-11-16)15-21-24-19-8-3-4-9-20(19)25(21)2/h3-9,14,16H,10-13,15H2,1-2H3,(H,23,27). The summed E-state index contributed by atoms with van der Waals surface area (Å²) in [6, 6.07) is 16.4. The number of aromatic nitrogens is 2. The Balaban J connectivity index is 1.41. The predicted molar refractivity (Wildman–Crippen MR) is 108 cm³/mol.